The van der Waals surface area contributed by atoms with Crippen LogP contribution in [0.1, 0.15) is 18.4 Å². The Bertz CT molecular complexity index is 316. The summed E-state index contributed by atoms with van der Waals surface area (Å²) >= 11 is 0. The molecule has 1 aliphatic carbocycles. The van der Waals surface area contributed by atoms with Crippen LogP contribution in [0.15, 0.2) is 18.2 Å². The molecule has 0 amide bonds. The van der Waals surface area contributed by atoms with Gasteiger partial charge in [-0.05, 0) is 48.9 Å². The maximum atomic E-state index is 5.32. The zero-order chi connectivity index (χ0) is 9.97. The Kier molecular flexibility index (Phi) is 2.62. The van der Waals surface area contributed by atoms with Crippen LogP contribution in [0.2, 0.25) is 0 Å². The molecule has 2 heteroatoms. The number of benzene rings is 1. The highest BCUT2D eigenvalue weighted by molar-refractivity contribution is 5.40. The summed E-state index contributed by atoms with van der Waals surface area (Å²) in [5.74, 6) is 2.77. The molecule has 0 bridgehead atoms. The quantitative estimate of drug-likeness (QED) is 0.730. The molecule has 0 aromatic heterocycles. The molecule has 1 fully saturated rings. The van der Waals surface area contributed by atoms with Crippen LogP contribution in [0.4, 0.5) is 0 Å². The molecule has 0 N–H and O–H groups in total. The minimum atomic E-state index is 0.871. The second-order valence-corrected chi connectivity index (χ2v) is 3.83. The normalized spacial score (nSPS) is 15.3. The van der Waals surface area contributed by atoms with Gasteiger partial charge < -0.3 is 9.47 Å². The summed E-state index contributed by atoms with van der Waals surface area (Å²) in [7, 11) is 3.42. The SMILES string of the molecule is COc1ccc(OC)c(CC2CC2)c1. The maximum absolute atomic E-state index is 5.32. The van der Waals surface area contributed by atoms with Gasteiger partial charge in [0.25, 0.3) is 0 Å². The van der Waals surface area contributed by atoms with Gasteiger partial charge >= 0.3 is 0 Å². The van der Waals surface area contributed by atoms with E-state index in [1.807, 2.05) is 12.1 Å². The van der Waals surface area contributed by atoms with E-state index in [2.05, 4.69) is 6.07 Å². The lowest BCUT2D eigenvalue weighted by Crippen LogP contribution is -1.94. The van der Waals surface area contributed by atoms with Crippen LogP contribution >= 0.6 is 0 Å². The fraction of sp³-hybridized carbons (Fsp3) is 0.500. The minimum absolute atomic E-state index is 0.871. The number of hydrogen-bond donors (Lipinski definition) is 0. The Morgan fingerprint density at radius 3 is 2.57 bits per heavy atom. The number of rotatable bonds is 4. The first-order chi connectivity index (χ1) is 6.83. The average molecular weight is 192 g/mol. The summed E-state index contributed by atoms with van der Waals surface area (Å²) in [6.45, 7) is 0. The monoisotopic (exact) mass is 192 g/mol. The van der Waals surface area contributed by atoms with Gasteiger partial charge in [-0.25, -0.2) is 0 Å². The molecule has 0 atom stereocenters. The van der Waals surface area contributed by atoms with E-state index in [1.54, 1.807) is 14.2 Å². The van der Waals surface area contributed by atoms with Crippen molar-refractivity contribution in [1.82, 2.24) is 0 Å². The highest BCUT2D eigenvalue weighted by Crippen LogP contribution is 2.36. The van der Waals surface area contributed by atoms with Crippen molar-refractivity contribution in [2.75, 3.05) is 14.2 Å². The van der Waals surface area contributed by atoms with E-state index >= 15 is 0 Å². The fourth-order valence-electron chi connectivity index (χ4n) is 1.67. The number of ether oxygens (including phenoxy) is 2. The van der Waals surface area contributed by atoms with Crippen LogP contribution in [0.3, 0.4) is 0 Å². The molecule has 14 heavy (non-hydrogen) atoms. The number of hydrogen-bond acceptors (Lipinski definition) is 2. The molecule has 0 heterocycles. The number of methoxy groups -OCH3 is 2. The lowest BCUT2D eigenvalue weighted by atomic mass is 10.1. The van der Waals surface area contributed by atoms with Crippen molar-refractivity contribution < 1.29 is 9.47 Å². The van der Waals surface area contributed by atoms with Gasteiger partial charge in [0.2, 0.25) is 0 Å². The molecule has 0 unspecified atom stereocenters. The van der Waals surface area contributed by atoms with Crippen LogP contribution in [0.5, 0.6) is 11.5 Å². The van der Waals surface area contributed by atoms with E-state index in [9.17, 15) is 0 Å². The smallest absolute Gasteiger partial charge is 0.122 e. The molecule has 0 saturated heterocycles. The largest absolute Gasteiger partial charge is 0.497 e. The topological polar surface area (TPSA) is 18.5 Å². The minimum Gasteiger partial charge on any atom is -0.497 e. The van der Waals surface area contributed by atoms with E-state index in [1.165, 1.54) is 18.4 Å². The van der Waals surface area contributed by atoms with E-state index in [-0.39, 0.29) is 0 Å². The molecular weight excluding hydrogens is 176 g/mol. The fourth-order valence-corrected chi connectivity index (χ4v) is 1.67. The van der Waals surface area contributed by atoms with Crippen molar-refractivity contribution in [1.29, 1.82) is 0 Å². The van der Waals surface area contributed by atoms with Crippen molar-refractivity contribution in [3.05, 3.63) is 23.8 Å². The predicted molar refractivity (Wildman–Crippen MR) is 56.0 cm³/mol. The second-order valence-electron chi connectivity index (χ2n) is 3.83. The second kappa shape index (κ2) is 3.91. The van der Waals surface area contributed by atoms with Crippen LogP contribution < -0.4 is 9.47 Å². The van der Waals surface area contributed by atoms with Gasteiger partial charge in [-0.15, -0.1) is 0 Å². The molecule has 0 radical (unpaired) electrons. The third-order valence-corrected chi connectivity index (χ3v) is 2.69. The standard InChI is InChI=1S/C12H16O2/c1-13-11-5-6-12(14-2)10(8-11)7-9-3-4-9/h5-6,8-9H,3-4,7H2,1-2H3. The Morgan fingerprint density at radius 1 is 1.21 bits per heavy atom. The van der Waals surface area contributed by atoms with Gasteiger partial charge in [0.15, 0.2) is 0 Å². The van der Waals surface area contributed by atoms with Crippen molar-refractivity contribution in [3.63, 3.8) is 0 Å². The molecule has 2 rings (SSSR count). The van der Waals surface area contributed by atoms with Crippen molar-refractivity contribution in [2.24, 2.45) is 5.92 Å². The Labute approximate surface area is 84.8 Å². The summed E-state index contributed by atoms with van der Waals surface area (Å²) in [4.78, 5) is 0. The molecule has 76 valence electrons. The van der Waals surface area contributed by atoms with Gasteiger partial charge in [-0.3, -0.25) is 0 Å². The molecule has 0 spiro atoms. The highest BCUT2D eigenvalue weighted by Gasteiger charge is 2.23. The Morgan fingerprint density at radius 2 is 2.00 bits per heavy atom. The molecule has 1 aromatic carbocycles. The Balaban J connectivity index is 2.21. The Hall–Kier alpha value is -1.18. The van der Waals surface area contributed by atoms with Gasteiger partial charge in [0.1, 0.15) is 11.5 Å². The predicted octanol–water partition coefficient (Wildman–Crippen LogP) is 2.66. The highest BCUT2D eigenvalue weighted by atomic mass is 16.5. The van der Waals surface area contributed by atoms with E-state index in [0.29, 0.717) is 0 Å². The van der Waals surface area contributed by atoms with Gasteiger partial charge in [-0.1, -0.05) is 0 Å². The summed E-state index contributed by atoms with van der Waals surface area (Å²) in [6, 6.07) is 6.00. The van der Waals surface area contributed by atoms with Crippen LogP contribution in [-0.2, 0) is 6.42 Å². The summed E-state index contributed by atoms with van der Waals surface area (Å²) in [6.07, 6.45) is 3.85. The van der Waals surface area contributed by atoms with Crippen molar-refractivity contribution in [3.8, 4) is 11.5 Å². The molecule has 2 nitrogen and oxygen atoms in total. The van der Waals surface area contributed by atoms with Crippen LogP contribution in [0.25, 0.3) is 0 Å². The first kappa shape index (κ1) is 9.38. The van der Waals surface area contributed by atoms with Gasteiger partial charge in [-0.2, -0.15) is 0 Å². The van der Waals surface area contributed by atoms with Gasteiger partial charge in [0.05, 0.1) is 14.2 Å². The van der Waals surface area contributed by atoms with E-state index in [0.717, 1.165) is 23.8 Å². The van der Waals surface area contributed by atoms with Crippen molar-refractivity contribution >= 4 is 0 Å². The molecule has 1 aromatic rings. The molecular formula is C12H16O2. The lowest BCUT2D eigenvalue weighted by molar-refractivity contribution is 0.398. The lowest BCUT2D eigenvalue weighted by Gasteiger charge is -2.09. The van der Waals surface area contributed by atoms with Crippen LogP contribution in [0, 0.1) is 5.92 Å². The first-order valence-electron chi connectivity index (χ1n) is 5.04. The van der Waals surface area contributed by atoms with E-state index in [4.69, 9.17) is 9.47 Å². The van der Waals surface area contributed by atoms with E-state index < -0.39 is 0 Å². The van der Waals surface area contributed by atoms with Crippen molar-refractivity contribution in [2.45, 2.75) is 19.3 Å². The summed E-state index contributed by atoms with van der Waals surface area (Å²) in [5, 5.41) is 0. The molecule has 1 aliphatic rings. The first-order valence-corrected chi connectivity index (χ1v) is 5.04. The molecule has 0 aliphatic heterocycles. The maximum Gasteiger partial charge on any atom is 0.122 e. The summed E-state index contributed by atoms with van der Waals surface area (Å²) < 4.78 is 10.5. The zero-order valence-electron chi connectivity index (χ0n) is 8.75. The zero-order valence-corrected chi connectivity index (χ0v) is 8.75. The third kappa shape index (κ3) is 2.00. The third-order valence-electron chi connectivity index (χ3n) is 2.69. The van der Waals surface area contributed by atoms with Crippen LogP contribution in [-0.4, -0.2) is 14.2 Å². The average Bonchev–Trinajstić information content (AvgIpc) is 3.01. The molecule has 1 saturated carbocycles. The van der Waals surface area contributed by atoms with Gasteiger partial charge in [0, 0.05) is 0 Å². The summed E-state index contributed by atoms with van der Waals surface area (Å²) in [5.41, 5.74) is 1.27.